The van der Waals surface area contributed by atoms with Crippen LogP contribution in [-0.2, 0) is 7.05 Å². The third kappa shape index (κ3) is 2.22. The minimum absolute atomic E-state index is 0.0179. The largest absolute Gasteiger partial charge is 0.494 e. The van der Waals surface area contributed by atoms with Gasteiger partial charge in [0.25, 0.3) is 5.56 Å². The van der Waals surface area contributed by atoms with Crippen LogP contribution in [0.2, 0.25) is 0 Å². The highest BCUT2D eigenvalue weighted by molar-refractivity contribution is 5.79. The summed E-state index contributed by atoms with van der Waals surface area (Å²) in [6, 6.07) is 1.75. The Balaban J connectivity index is 2.69. The molecule has 0 bridgehead atoms. The van der Waals surface area contributed by atoms with Crippen LogP contribution in [0.25, 0.3) is 11.1 Å². The number of hydrogen-bond donors (Lipinski definition) is 0. The summed E-state index contributed by atoms with van der Waals surface area (Å²) in [4.78, 5) is 26.8. The second-order valence-corrected chi connectivity index (χ2v) is 4.64. The first-order valence-corrected chi connectivity index (χ1v) is 6.16. The molecule has 0 atom stereocenters. The van der Waals surface area contributed by atoms with Gasteiger partial charge >= 0.3 is 0 Å². The van der Waals surface area contributed by atoms with Gasteiger partial charge in [0.2, 0.25) is 0 Å². The zero-order chi connectivity index (χ0) is 14.9. The van der Waals surface area contributed by atoms with Crippen LogP contribution in [0.4, 0.5) is 0 Å². The third-order valence-corrected chi connectivity index (χ3v) is 3.45. The molecule has 0 unspecified atom stereocenters. The molecule has 0 N–H and O–H groups in total. The Morgan fingerprint density at radius 1 is 1.30 bits per heavy atom. The predicted octanol–water partition coefficient (Wildman–Crippen LogP) is 1.89. The van der Waals surface area contributed by atoms with Gasteiger partial charge in [-0.15, -0.1) is 0 Å². The lowest BCUT2D eigenvalue weighted by Crippen LogP contribution is -2.20. The second-order valence-electron chi connectivity index (χ2n) is 4.64. The Hall–Kier alpha value is -2.43. The van der Waals surface area contributed by atoms with E-state index in [1.54, 1.807) is 32.4 Å². The van der Waals surface area contributed by atoms with Crippen LogP contribution in [0.5, 0.6) is 5.75 Å². The topological polar surface area (TPSA) is 61.2 Å². The van der Waals surface area contributed by atoms with Gasteiger partial charge in [-0.3, -0.25) is 9.59 Å². The molecule has 0 aliphatic heterocycles. The molecule has 2 heterocycles. The van der Waals surface area contributed by atoms with Crippen molar-refractivity contribution in [3.05, 3.63) is 45.6 Å². The van der Waals surface area contributed by atoms with E-state index in [0.29, 0.717) is 17.6 Å². The van der Waals surface area contributed by atoms with E-state index in [2.05, 4.69) is 4.98 Å². The summed E-state index contributed by atoms with van der Waals surface area (Å²) in [6.45, 7) is 3.69. The van der Waals surface area contributed by atoms with E-state index in [1.165, 1.54) is 11.7 Å². The minimum Gasteiger partial charge on any atom is -0.494 e. The molecular formula is C15H16N2O3. The number of aryl methyl sites for hydroxylation is 1. The van der Waals surface area contributed by atoms with Crippen LogP contribution in [-0.4, -0.2) is 22.9 Å². The average Bonchev–Trinajstić information content (AvgIpc) is 2.48. The number of pyridine rings is 2. The molecule has 2 aromatic heterocycles. The molecule has 0 spiro atoms. The van der Waals surface area contributed by atoms with Crippen LogP contribution in [0.15, 0.2) is 23.3 Å². The molecule has 0 fully saturated rings. The highest BCUT2D eigenvalue weighted by atomic mass is 16.5. The normalized spacial score (nSPS) is 10.4. The van der Waals surface area contributed by atoms with E-state index in [1.807, 2.05) is 6.92 Å². The fourth-order valence-corrected chi connectivity index (χ4v) is 2.12. The van der Waals surface area contributed by atoms with Gasteiger partial charge in [-0.2, -0.15) is 0 Å². The van der Waals surface area contributed by atoms with Crippen molar-refractivity contribution in [2.75, 3.05) is 7.11 Å². The molecule has 0 saturated carbocycles. The van der Waals surface area contributed by atoms with Gasteiger partial charge in [0.1, 0.15) is 11.4 Å². The van der Waals surface area contributed by atoms with Gasteiger partial charge in [0.15, 0.2) is 6.29 Å². The number of carbonyl (C=O) groups is 1. The zero-order valence-corrected chi connectivity index (χ0v) is 11.9. The van der Waals surface area contributed by atoms with Crippen molar-refractivity contribution in [1.29, 1.82) is 0 Å². The molecule has 20 heavy (non-hydrogen) atoms. The van der Waals surface area contributed by atoms with Crippen molar-refractivity contribution in [3.8, 4) is 16.9 Å². The number of hydrogen-bond acceptors (Lipinski definition) is 4. The number of aldehydes is 1. The molecule has 0 aliphatic rings. The average molecular weight is 272 g/mol. The maximum absolute atomic E-state index is 11.9. The minimum atomic E-state index is -0.0179. The Bertz CT molecular complexity index is 733. The lowest BCUT2D eigenvalue weighted by molar-refractivity contribution is 0.111. The molecule has 0 aromatic carbocycles. The van der Waals surface area contributed by atoms with Crippen molar-refractivity contribution in [1.82, 2.24) is 9.55 Å². The molecule has 0 amide bonds. The molecule has 0 radical (unpaired) electrons. The van der Waals surface area contributed by atoms with E-state index in [0.717, 1.165) is 16.7 Å². The molecule has 5 nitrogen and oxygen atoms in total. The van der Waals surface area contributed by atoms with Gasteiger partial charge in [0, 0.05) is 36.1 Å². The van der Waals surface area contributed by atoms with Crippen LogP contribution >= 0.6 is 0 Å². The fraction of sp³-hybridized carbons (Fsp3) is 0.267. The molecule has 5 heteroatoms. The highest BCUT2D eigenvalue weighted by Gasteiger charge is 2.12. The Kier molecular flexibility index (Phi) is 3.70. The van der Waals surface area contributed by atoms with Crippen molar-refractivity contribution in [2.24, 2.45) is 7.05 Å². The number of carbonyl (C=O) groups excluding carboxylic acids is 1. The summed E-state index contributed by atoms with van der Waals surface area (Å²) in [5, 5.41) is 0. The van der Waals surface area contributed by atoms with Gasteiger partial charge in [-0.25, -0.2) is 4.98 Å². The first-order chi connectivity index (χ1) is 9.49. The number of aromatic nitrogens is 2. The van der Waals surface area contributed by atoms with E-state index < -0.39 is 0 Å². The van der Waals surface area contributed by atoms with Crippen molar-refractivity contribution in [3.63, 3.8) is 0 Å². The third-order valence-electron chi connectivity index (χ3n) is 3.45. The molecule has 0 saturated heterocycles. The van der Waals surface area contributed by atoms with Gasteiger partial charge in [-0.1, -0.05) is 0 Å². The Labute approximate surface area is 116 Å². The maximum atomic E-state index is 11.9. The van der Waals surface area contributed by atoms with Crippen molar-refractivity contribution in [2.45, 2.75) is 13.8 Å². The second kappa shape index (κ2) is 5.28. The van der Waals surface area contributed by atoms with E-state index in [-0.39, 0.29) is 11.3 Å². The summed E-state index contributed by atoms with van der Waals surface area (Å²) < 4.78 is 6.70. The zero-order valence-electron chi connectivity index (χ0n) is 11.9. The highest BCUT2D eigenvalue weighted by Crippen LogP contribution is 2.27. The van der Waals surface area contributed by atoms with Gasteiger partial charge in [-0.05, 0) is 25.5 Å². The molecule has 2 rings (SSSR count). The van der Waals surface area contributed by atoms with Gasteiger partial charge < -0.3 is 9.30 Å². The molecule has 104 valence electrons. The number of rotatable bonds is 3. The van der Waals surface area contributed by atoms with Crippen LogP contribution < -0.4 is 10.3 Å². The van der Waals surface area contributed by atoms with Crippen LogP contribution in [0.1, 0.15) is 21.6 Å². The molecular weight excluding hydrogens is 256 g/mol. The first-order valence-electron chi connectivity index (χ1n) is 6.16. The SMILES string of the molecule is COc1cc(-c2cn(C)c(=O)c(C)c2C)cnc1C=O. The summed E-state index contributed by atoms with van der Waals surface area (Å²) in [5.74, 6) is 0.420. The fourth-order valence-electron chi connectivity index (χ4n) is 2.12. The summed E-state index contributed by atoms with van der Waals surface area (Å²) in [6.07, 6.45) is 4.03. The summed E-state index contributed by atoms with van der Waals surface area (Å²) in [7, 11) is 3.20. The summed E-state index contributed by atoms with van der Waals surface area (Å²) >= 11 is 0. The van der Waals surface area contributed by atoms with Crippen LogP contribution in [0, 0.1) is 13.8 Å². The van der Waals surface area contributed by atoms with E-state index >= 15 is 0 Å². The van der Waals surface area contributed by atoms with E-state index in [9.17, 15) is 9.59 Å². The molecule has 2 aromatic rings. The van der Waals surface area contributed by atoms with Crippen LogP contribution in [0.3, 0.4) is 0 Å². The summed E-state index contributed by atoms with van der Waals surface area (Å²) in [5.41, 5.74) is 3.54. The molecule has 0 aliphatic carbocycles. The van der Waals surface area contributed by atoms with Gasteiger partial charge in [0.05, 0.1) is 7.11 Å². The number of ether oxygens (including phenoxy) is 1. The lowest BCUT2D eigenvalue weighted by Gasteiger charge is -2.12. The predicted molar refractivity (Wildman–Crippen MR) is 76.3 cm³/mol. The quantitative estimate of drug-likeness (QED) is 0.800. The Morgan fingerprint density at radius 2 is 2.00 bits per heavy atom. The number of methoxy groups -OCH3 is 1. The standard InChI is InChI=1S/C15H16N2O3/c1-9-10(2)15(19)17(3)7-12(9)11-5-14(20-4)13(8-18)16-6-11/h5-8H,1-4H3. The smallest absolute Gasteiger partial charge is 0.253 e. The number of nitrogens with zero attached hydrogens (tertiary/aromatic N) is 2. The van der Waals surface area contributed by atoms with E-state index in [4.69, 9.17) is 4.74 Å². The first kappa shape index (κ1) is 14.0. The maximum Gasteiger partial charge on any atom is 0.253 e. The monoisotopic (exact) mass is 272 g/mol. The van der Waals surface area contributed by atoms with Crippen molar-refractivity contribution < 1.29 is 9.53 Å². The lowest BCUT2D eigenvalue weighted by atomic mass is 10.0. The Morgan fingerprint density at radius 3 is 2.60 bits per heavy atom. The van der Waals surface area contributed by atoms with Crippen molar-refractivity contribution >= 4 is 6.29 Å².